The van der Waals surface area contributed by atoms with Crippen LogP contribution in [0.5, 0.6) is 0 Å². The van der Waals surface area contributed by atoms with Crippen molar-refractivity contribution in [3.05, 3.63) is 71.9 Å². The monoisotopic (exact) mass is 311 g/mol. The van der Waals surface area contributed by atoms with Crippen LogP contribution in [0.3, 0.4) is 0 Å². The van der Waals surface area contributed by atoms with Gasteiger partial charge in [0.2, 0.25) is 0 Å². The molecule has 4 aromatic rings. The molecule has 0 aliphatic carbocycles. The summed E-state index contributed by atoms with van der Waals surface area (Å²) >= 11 is 0. The Labute approximate surface area is 140 Å². The second kappa shape index (κ2) is 5.50. The highest BCUT2D eigenvalue weighted by atomic mass is 15.0. The van der Waals surface area contributed by atoms with E-state index in [9.17, 15) is 5.26 Å². The maximum atomic E-state index is 9.42. The van der Waals surface area contributed by atoms with Crippen LogP contribution in [-0.2, 0) is 0 Å². The molecule has 2 aromatic carbocycles. The summed E-state index contributed by atoms with van der Waals surface area (Å²) in [6.07, 6.45) is 1.81. The van der Waals surface area contributed by atoms with Gasteiger partial charge in [0.05, 0.1) is 17.1 Å². The third-order valence-corrected chi connectivity index (χ3v) is 4.43. The molecule has 0 unspecified atom stereocenters. The molecule has 0 amide bonds. The summed E-state index contributed by atoms with van der Waals surface area (Å²) in [5.41, 5.74) is 4.85. The van der Waals surface area contributed by atoms with Gasteiger partial charge in [-0.25, -0.2) is 4.98 Å². The van der Waals surface area contributed by atoms with E-state index in [0.717, 1.165) is 27.8 Å². The Hall–Kier alpha value is -3.12. The quantitative estimate of drug-likeness (QED) is 0.512. The first-order chi connectivity index (χ1) is 11.7. The predicted octanol–water partition coefficient (Wildman–Crippen LogP) is 5.17. The number of aromatic nitrogens is 2. The molecule has 24 heavy (non-hydrogen) atoms. The van der Waals surface area contributed by atoms with Gasteiger partial charge in [-0.2, -0.15) is 5.26 Å². The second-order valence-corrected chi connectivity index (χ2v) is 6.31. The maximum absolute atomic E-state index is 9.42. The highest BCUT2D eigenvalue weighted by Crippen LogP contribution is 2.31. The van der Waals surface area contributed by atoms with E-state index in [1.54, 1.807) is 0 Å². The van der Waals surface area contributed by atoms with Crippen LogP contribution in [0.15, 0.2) is 60.8 Å². The van der Waals surface area contributed by atoms with Gasteiger partial charge in [0, 0.05) is 22.7 Å². The molecule has 0 aliphatic rings. The molecule has 2 aromatic heterocycles. The number of nitrogens with zero attached hydrogens (tertiary/aromatic N) is 3. The van der Waals surface area contributed by atoms with Crippen molar-refractivity contribution in [1.29, 1.82) is 5.26 Å². The van der Waals surface area contributed by atoms with Gasteiger partial charge in [-0.05, 0) is 47.9 Å². The number of nitriles is 1. The Balaban J connectivity index is 2.13. The highest BCUT2D eigenvalue weighted by molar-refractivity contribution is 6.07. The first kappa shape index (κ1) is 14.5. The van der Waals surface area contributed by atoms with Crippen molar-refractivity contribution < 1.29 is 0 Å². The number of rotatable bonds is 2. The molecule has 0 saturated heterocycles. The standard InChI is InChI=1S/C21H17N3/c1-14(2)16-10-15(13-22)11-17(12-16)24-20-8-4-3-6-18(20)19-7-5-9-23-21(19)24/h3-12,14H,1-2H3. The van der Waals surface area contributed by atoms with Crippen LogP contribution in [-0.4, -0.2) is 9.55 Å². The van der Waals surface area contributed by atoms with Crippen molar-refractivity contribution in [2.75, 3.05) is 0 Å². The Morgan fingerprint density at radius 3 is 2.58 bits per heavy atom. The van der Waals surface area contributed by atoms with Crippen LogP contribution in [0.2, 0.25) is 0 Å². The minimum absolute atomic E-state index is 0.359. The molecule has 0 atom stereocenters. The summed E-state index contributed by atoms with van der Waals surface area (Å²) in [6, 6.07) is 20.7. The zero-order valence-electron chi connectivity index (χ0n) is 13.7. The number of hydrogen-bond acceptors (Lipinski definition) is 2. The average Bonchev–Trinajstić information content (AvgIpc) is 2.96. The molecule has 0 bridgehead atoms. The molecule has 0 fully saturated rings. The Morgan fingerprint density at radius 2 is 1.79 bits per heavy atom. The smallest absolute Gasteiger partial charge is 0.145 e. The molecular formula is C21H17N3. The lowest BCUT2D eigenvalue weighted by molar-refractivity contribution is 0.863. The van der Waals surface area contributed by atoms with E-state index in [2.05, 4.69) is 53.7 Å². The fourth-order valence-corrected chi connectivity index (χ4v) is 3.22. The Morgan fingerprint density at radius 1 is 1.00 bits per heavy atom. The second-order valence-electron chi connectivity index (χ2n) is 6.31. The fraction of sp³-hybridized carbons (Fsp3) is 0.143. The number of para-hydroxylation sites is 1. The van der Waals surface area contributed by atoms with Crippen LogP contribution >= 0.6 is 0 Å². The zero-order chi connectivity index (χ0) is 16.7. The fourth-order valence-electron chi connectivity index (χ4n) is 3.22. The van der Waals surface area contributed by atoms with E-state index in [1.165, 1.54) is 5.39 Å². The molecule has 3 nitrogen and oxygen atoms in total. The van der Waals surface area contributed by atoms with E-state index in [0.29, 0.717) is 11.5 Å². The van der Waals surface area contributed by atoms with Crippen molar-refractivity contribution in [3.8, 4) is 11.8 Å². The lowest BCUT2D eigenvalue weighted by atomic mass is 10.00. The van der Waals surface area contributed by atoms with Crippen LogP contribution in [0.25, 0.3) is 27.6 Å². The van der Waals surface area contributed by atoms with E-state index in [1.807, 2.05) is 36.5 Å². The molecule has 0 aliphatic heterocycles. The van der Waals surface area contributed by atoms with Gasteiger partial charge >= 0.3 is 0 Å². The third-order valence-electron chi connectivity index (χ3n) is 4.43. The summed E-state index contributed by atoms with van der Waals surface area (Å²) in [7, 11) is 0. The van der Waals surface area contributed by atoms with Crippen LogP contribution in [0, 0.1) is 11.3 Å². The summed E-state index contributed by atoms with van der Waals surface area (Å²) < 4.78 is 2.15. The number of hydrogen-bond donors (Lipinski definition) is 0. The molecule has 0 saturated carbocycles. The van der Waals surface area contributed by atoms with E-state index >= 15 is 0 Å². The van der Waals surface area contributed by atoms with Crippen LogP contribution < -0.4 is 0 Å². The summed E-state index contributed by atoms with van der Waals surface area (Å²) in [4.78, 5) is 4.60. The van der Waals surface area contributed by atoms with Gasteiger partial charge < -0.3 is 0 Å². The SMILES string of the molecule is CC(C)c1cc(C#N)cc(-n2c3ccccc3c3cccnc32)c1. The maximum Gasteiger partial charge on any atom is 0.145 e. The van der Waals surface area contributed by atoms with Crippen molar-refractivity contribution in [3.63, 3.8) is 0 Å². The van der Waals surface area contributed by atoms with Gasteiger partial charge in [-0.1, -0.05) is 32.0 Å². The summed E-state index contributed by atoms with van der Waals surface area (Å²) in [5.74, 6) is 0.359. The lowest BCUT2D eigenvalue weighted by Gasteiger charge is -2.12. The van der Waals surface area contributed by atoms with Crippen LogP contribution in [0.1, 0.15) is 30.9 Å². The van der Waals surface area contributed by atoms with Gasteiger partial charge in [0.1, 0.15) is 5.65 Å². The molecule has 2 heterocycles. The Bertz CT molecular complexity index is 1040. The topological polar surface area (TPSA) is 41.6 Å². The molecule has 0 spiro atoms. The molecule has 4 rings (SSSR count). The summed E-state index contributed by atoms with van der Waals surface area (Å²) in [6.45, 7) is 4.29. The number of benzene rings is 2. The van der Waals surface area contributed by atoms with E-state index < -0.39 is 0 Å². The van der Waals surface area contributed by atoms with Crippen molar-refractivity contribution in [2.24, 2.45) is 0 Å². The minimum Gasteiger partial charge on any atom is -0.294 e. The van der Waals surface area contributed by atoms with Crippen LogP contribution in [0.4, 0.5) is 0 Å². The largest absolute Gasteiger partial charge is 0.294 e. The van der Waals surface area contributed by atoms with Crippen molar-refractivity contribution in [2.45, 2.75) is 19.8 Å². The lowest BCUT2D eigenvalue weighted by Crippen LogP contribution is -1.99. The van der Waals surface area contributed by atoms with Crippen molar-refractivity contribution in [1.82, 2.24) is 9.55 Å². The molecule has 3 heteroatoms. The molecule has 116 valence electrons. The number of fused-ring (bicyclic) bond motifs is 3. The highest BCUT2D eigenvalue weighted by Gasteiger charge is 2.14. The van der Waals surface area contributed by atoms with E-state index in [4.69, 9.17) is 0 Å². The zero-order valence-corrected chi connectivity index (χ0v) is 13.7. The minimum atomic E-state index is 0.359. The van der Waals surface area contributed by atoms with E-state index in [-0.39, 0.29) is 0 Å². The number of pyridine rings is 1. The Kier molecular flexibility index (Phi) is 3.32. The third kappa shape index (κ3) is 2.16. The molecule has 0 N–H and O–H groups in total. The first-order valence-electron chi connectivity index (χ1n) is 8.08. The first-order valence-corrected chi connectivity index (χ1v) is 8.08. The normalized spacial score (nSPS) is 11.2. The predicted molar refractivity (Wildman–Crippen MR) is 97.4 cm³/mol. The van der Waals surface area contributed by atoms with Gasteiger partial charge in [0.25, 0.3) is 0 Å². The average molecular weight is 311 g/mol. The van der Waals surface area contributed by atoms with Gasteiger partial charge in [-0.3, -0.25) is 4.57 Å². The summed E-state index contributed by atoms with van der Waals surface area (Å²) in [5, 5.41) is 11.7. The van der Waals surface area contributed by atoms with Gasteiger partial charge in [0.15, 0.2) is 0 Å². The molecular weight excluding hydrogens is 294 g/mol. The van der Waals surface area contributed by atoms with Gasteiger partial charge in [-0.15, -0.1) is 0 Å². The van der Waals surface area contributed by atoms with Crippen molar-refractivity contribution >= 4 is 21.9 Å². The molecule has 0 radical (unpaired) electrons.